The lowest BCUT2D eigenvalue weighted by Crippen LogP contribution is -2.49. The Morgan fingerprint density at radius 1 is 1.00 bits per heavy atom. The second kappa shape index (κ2) is 8.50. The Bertz CT molecular complexity index is 513. The highest BCUT2D eigenvalue weighted by molar-refractivity contribution is 6.30. The van der Waals surface area contributed by atoms with Crippen LogP contribution in [0.2, 0.25) is 5.02 Å². The number of aliphatic hydroxyl groups excluding tert-OH is 2. The van der Waals surface area contributed by atoms with Crippen molar-refractivity contribution in [3.63, 3.8) is 0 Å². The van der Waals surface area contributed by atoms with Crippen molar-refractivity contribution in [1.82, 2.24) is 9.80 Å². The molecule has 2 N–H and O–H groups in total. The molecule has 2 aliphatic heterocycles. The van der Waals surface area contributed by atoms with Gasteiger partial charge >= 0.3 is 0 Å². The maximum absolute atomic E-state index is 9.99. The maximum atomic E-state index is 9.99. The minimum atomic E-state index is -0.478. The lowest BCUT2D eigenvalue weighted by Gasteiger charge is -2.38. The topological polar surface area (TPSA) is 50.2 Å². The Labute approximate surface area is 149 Å². The van der Waals surface area contributed by atoms with Crippen LogP contribution in [0.1, 0.15) is 25.7 Å². The number of benzene rings is 1. The summed E-state index contributed by atoms with van der Waals surface area (Å²) in [4.78, 5) is 6.68. The molecule has 0 bridgehead atoms. The van der Waals surface area contributed by atoms with E-state index in [4.69, 9.17) is 11.6 Å². The van der Waals surface area contributed by atoms with Gasteiger partial charge in [-0.3, -0.25) is 9.80 Å². The summed E-state index contributed by atoms with van der Waals surface area (Å²) in [5.41, 5.74) is 1.20. The van der Waals surface area contributed by atoms with Crippen molar-refractivity contribution in [3.8, 4) is 0 Å². The Balaban J connectivity index is 1.39. The van der Waals surface area contributed by atoms with Gasteiger partial charge in [0.2, 0.25) is 0 Å². The smallest absolute Gasteiger partial charge is 0.109 e. The van der Waals surface area contributed by atoms with Crippen molar-refractivity contribution in [2.24, 2.45) is 0 Å². The molecule has 2 fully saturated rings. The predicted molar refractivity (Wildman–Crippen MR) is 97.3 cm³/mol. The quantitative estimate of drug-likeness (QED) is 0.847. The number of anilines is 1. The van der Waals surface area contributed by atoms with Crippen LogP contribution in [0.4, 0.5) is 5.69 Å². The molecular weight excluding hydrogens is 326 g/mol. The number of aliphatic hydroxyl groups is 2. The number of piperazine rings is 1. The van der Waals surface area contributed by atoms with Crippen LogP contribution in [-0.4, -0.2) is 71.7 Å². The van der Waals surface area contributed by atoms with Gasteiger partial charge in [0.05, 0.1) is 0 Å². The minimum Gasteiger partial charge on any atom is -0.378 e. The molecule has 0 radical (unpaired) electrons. The van der Waals surface area contributed by atoms with Gasteiger partial charge in [-0.05, 0) is 50.4 Å². The molecule has 2 aliphatic rings. The number of rotatable bonds is 5. The molecule has 3 rings (SSSR count). The minimum absolute atomic E-state index is 0.478. The van der Waals surface area contributed by atoms with Crippen LogP contribution in [0.15, 0.2) is 24.3 Å². The van der Waals surface area contributed by atoms with Crippen LogP contribution in [0.3, 0.4) is 0 Å². The summed E-state index contributed by atoms with van der Waals surface area (Å²) >= 11 is 6.08. The molecule has 0 aromatic heterocycles. The number of likely N-dealkylation sites (tertiary alicyclic amines) is 1. The van der Waals surface area contributed by atoms with Crippen molar-refractivity contribution in [1.29, 1.82) is 0 Å². The summed E-state index contributed by atoms with van der Waals surface area (Å²) in [5.74, 6) is 0. The SMILES string of the molecule is OC1CCCC(O)N1CCCN1CCN(c2cccc(Cl)c2)CC1. The number of hydrogen-bond acceptors (Lipinski definition) is 5. The van der Waals surface area contributed by atoms with Gasteiger partial charge in [-0.15, -0.1) is 0 Å². The van der Waals surface area contributed by atoms with E-state index in [1.807, 2.05) is 23.1 Å². The number of halogens is 1. The van der Waals surface area contributed by atoms with E-state index in [0.29, 0.717) is 0 Å². The van der Waals surface area contributed by atoms with E-state index in [0.717, 1.165) is 70.0 Å². The first-order valence-electron chi connectivity index (χ1n) is 8.98. The van der Waals surface area contributed by atoms with E-state index in [-0.39, 0.29) is 0 Å². The molecular formula is C18H28ClN3O2. The standard InChI is InChI=1S/C18H28ClN3O2/c19-15-4-1-5-16(14-15)21-12-10-20(11-13-21)8-3-9-22-17(23)6-2-7-18(22)24/h1,4-5,14,17-18,23-24H,2-3,6-13H2. The largest absolute Gasteiger partial charge is 0.378 e. The molecule has 24 heavy (non-hydrogen) atoms. The Kier molecular flexibility index (Phi) is 6.36. The Morgan fingerprint density at radius 3 is 2.38 bits per heavy atom. The lowest BCUT2D eigenvalue weighted by atomic mass is 10.1. The highest BCUT2D eigenvalue weighted by Crippen LogP contribution is 2.22. The van der Waals surface area contributed by atoms with Crippen molar-refractivity contribution in [2.75, 3.05) is 44.2 Å². The summed E-state index contributed by atoms with van der Waals surface area (Å²) < 4.78 is 0. The molecule has 2 atom stereocenters. The van der Waals surface area contributed by atoms with Crippen molar-refractivity contribution in [3.05, 3.63) is 29.3 Å². The molecule has 2 unspecified atom stereocenters. The van der Waals surface area contributed by atoms with Crippen LogP contribution >= 0.6 is 11.6 Å². The van der Waals surface area contributed by atoms with Crippen molar-refractivity contribution < 1.29 is 10.2 Å². The molecule has 5 nitrogen and oxygen atoms in total. The van der Waals surface area contributed by atoms with E-state index in [1.165, 1.54) is 5.69 Å². The summed E-state index contributed by atoms with van der Waals surface area (Å²) in [6.07, 6.45) is 2.47. The zero-order valence-electron chi connectivity index (χ0n) is 14.1. The first-order valence-corrected chi connectivity index (χ1v) is 9.36. The Hall–Kier alpha value is -0.850. The average molecular weight is 354 g/mol. The van der Waals surface area contributed by atoms with Gasteiger partial charge in [0, 0.05) is 43.4 Å². The van der Waals surface area contributed by atoms with Gasteiger partial charge in [0.1, 0.15) is 12.5 Å². The van der Waals surface area contributed by atoms with Gasteiger partial charge in [-0.2, -0.15) is 0 Å². The monoisotopic (exact) mass is 353 g/mol. The highest BCUT2D eigenvalue weighted by Gasteiger charge is 2.27. The first-order chi connectivity index (χ1) is 11.6. The van der Waals surface area contributed by atoms with Crippen LogP contribution in [0, 0.1) is 0 Å². The zero-order chi connectivity index (χ0) is 16.9. The fraction of sp³-hybridized carbons (Fsp3) is 0.667. The molecule has 0 aliphatic carbocycles. The normalized spacial score (nSPS) is 26.7. The third kappa shape index (κ3) is 4.61. The van der Waals surface area contributed by atoms with Crippen LogP contribution < -0.4 is 4.90 Å². The number of hydrogen-bond donors (Lipinski definition) is 2. The van der Waals surface area contributed by atoms with E-state index in [1.54, 1.807) is 0 Å². The molecule has 0 amide bonds. The van der Waals surface area contributed by atoms with Gasteiger partial charge in [0.15, 0.2) is 0 Å². The third-order valence-corrected chi connectivity index (χ3v) is 5.36. The molecule has 0 spiro atoms. The fourth-order valence-electron chi connectivity index (χ4n) is 3.69. The third-order valence-electron chi connectivity index (χ3n) is 5.13. The van der Waals surface area contributed by atoms with E-state index in [2.05, 4.69) is 15.9 Å². The molecule has 0 saturated carbocycles. The van der Waals surface area contributed by atoms with Crippen molar-refractivity contribution >= 4 is 17.3 Å². The van der Waals surface area contributed by atoms with Crippen LogP contribution in [0.25, 0.3) is 0 Å². The van der Waals surface area contributed by atoms with Crippen LogP contribution in [0.5, 0.6) is 0 Å². The Morgan fingerprint density at radius 2 is 1.71 bits per heavy atom. The number of nitrogens with zero attached hydrogens (tertiary/aromatic N) is 3. The van der Waals surface area contributed by atoms with Gasteiger partial charge in [-0.25, -0.2) is 0 Å². The van der Waals surface area contributed by atoms with Gasteiger partial charge in [-0.1, -0.05) is 17.7 Å². The molecule has 1 aromatic rings. The highest BCUT2D eigenvalue weighted by atomic mass is 35.5. The fourth-order valence-corrected chi connectivity index (χ4v) is 3.88. The maximum Gasteiger partial charge on any atom is 0.109 e. The number of piperidine rings is 1. The molecule has 134 valence electrons. The molecule has 2 heterocycles. The summed E-state index contributed by atoms with van der Waals surface area (Å²) in [5, 5.41) is 20.8. The molecule has 1 aromatic carbocycles. The van der Waals surface area contributed by atoms with Gasteiger partial charge in [0.25, 0.3) is 0 Å². The van der Waals surface area contributed by atoms with Crippen LogP contribution in [-0.2, 0) is 0 Å². The van der Waals surface area contributed by atoms with E-state index < -0.39 is 12.5 Å². The van der Waals surface area contributed by atoms with E-state index in [9.17, 15) is 10.2 Å². The summed E-state index contributed by atoms with van der Waals surface area (Å²) in [6, 6.07) is 8.04. The summed E-state index contributed by atoms with van der Waals surface area (Å²) in [6.45, 7) is 5.87. The zero-order valence-corrected chi connectivity index (χ0v) is 14.9. The average Bonchev–Trinajstić information content (AvgIpc) is 2.58. The molecule has 6 heteroatoms. The second-order valence-corrected chi connectivity index (χ2v) is 7.23. The van der Waals surface area contributed by atoms with E-state index >= 15 is 0 Å². The summed E-state index contributed by atoms with van der Waals surface area (Å²) in [7, 11) is 0. The van der Waals surface area contributed by atoms with Crippen molar-refractivity contribution in [2.45, 2.75) is 38.1 Å². The second-order valence-electron chi connectivity index (χ2n) is 6.79. The first kappa shape index (κ1) is 18.0. The molecule has 2 saturated heterocycles. The van der Waals surface area contributed by atoms with Gasteiger partial charge < -0.3 is 15.1 Å². The lowest BCUT2D eigenvalue weighted by molar-refractivity contribution is -0.131. The predicted octanol–water partition coefficient (Wildman–Crippen LogP) is 1.97.